The fourth-order valence-corrected chi connectivity index (χ4v) is 2.79. The molecule has 1 N–H and O–H groups in total. The van der Waals surface area contributed by atoms with E-state index in [1.54, 1.807) is 36.5 Å². The van der Waals surface area contributed by atoms with Gasteiger partial charge in [-0.25, -0.2) is 4.98 Å². The third kappa shape index (κ3) is 2.21. The average molecular weight is 300 g/mol. The lowest BCUT2D eigenvalue weighted by molar-refractivity contribution is 0.102. The highest BCUT2D eigenvalue weighted by Crippen LogP contribution is 2.36. The van der Waals surface area contributed by atoms with Gasteiger partial charge in [0.1, 0.15) is 5.82 Å². The normalized spacial score (nSPS) is 11.7. The highest BCUT2D eigenvalue weighted by Gasteiger charge is 2.26. The Kier molecular flexibility index (Phi) is 3.01. The van der Waals surface area contributed by atoms with E-state index >= 15 is 0 Å². The minimum Gasteiger partial charge on any atom is -0.307 e. The SMILES string of the molecule is O=C(Nc1ccccn1)c1ccc2c(c1)C(=O)c1ccccc1-2. The van der Waals surface area contributed by atoms with E-state index in [0.29, 0.717) is 22.5 Å². The molecule has 0 saturated carbocycles. The molecule has 4 heteroatoms. The fraction of sp³-hybridized carbons (Fsp3) is 0. The Morgan fingerprint density at radius 2 is 1.57 bits per heavy atom. The van der Waals surface area contributed by atoms with Gasteiger partial charge in [0, 0.05) is 22.9 Å². The van der Waals surface area contributed by atoms with E-state index in [-0.39, 0.29) is 11.7 Å². The van der Waals surface area contributed by atoms with E-state index in [9.17, 15) is 9.59 Å². The highest BCUT2D eigenvalue weighted by atomic mass is 16.1. The number of hydrogen-bond donors (Lipinski definition) is 1. The number of carbonyl (C=O) groups is 2. The maximum absolute atomic E-state index is 12.5. The molecule has 4 nitrogen and oxygen atoms in total. The maximum Gasteiger partial charge on any atom is 0.256 e. The van der Waals surface area contributed by atoms with Crippen LogP contribution < -0.4 is 5.32 Å². The molecule has 0 aliphatic heterocycles. The molecule has 0 saturated heterocycles. The number of pyridine rings is 1. The molecule has 1 aliphatic rings. The summed E-state index contributed by atoms with van der Waals surface area (Å²) in [5, 5.41) is 2.72. The van der Waals surface area contributed by atoms with Crippen molar-refractivity contribution in [2.45, 2.75) is 0 Å². The quantitative estimate of drug-likeness (QED) is 0.616. The van der Waals surface area contributed by atoms with E-state index in [0.717, 1.165) is 11.1 Å². The van der Waals surface area contributed by atoms with E-state index < -0.39 is 0 Å². The minimum absolute atomic E-state index is 0.0388. The fourth-order valence-electron chi connectivity index (χ4n) is 2.79. The second-order valence-corrected chi connectivity index (χ2v) is 5.30. The molecule has 3 aromatic rings. The topological polar surface area (TPSA) is 59.1 Å². The Balaban J connectivity index is 1.69. The van der Waals surface area contributed by atoms with Crippen LogP contribution in [-0.2, 0) is 0 Å². The molecular formula is C19H12N2O2. The van der Waals surface area contributed by atoms with Gasteiger partial charge in [-0.3, -0.25) is 9.59 Å². The lowest BCUT2D eigenvalue weighted by Crippen LogP contribution is -2.13. The summed E-state index contributed by atoms with van der Waals surface area (Å²) in [7, 11) is 0. The molecule has 0 spiro atoms. The summed E-state index contributed by atoms with van der Waals surface area (Å²) >= 11 is 0. The number of nitrogens with zero attached hydrogens (tertiary/aromatic N) is 1. The summed E-state index contributed by atoms with van der Waals surface area (Å²) in [6.07, 6.45) is 1.61. The van der Waals surface area contributed by atoms with Gasteiger partial charge in [0.15, 0.2) is 5.78 Å². The summed E-state index contributed by atoms with van der Waals surface area (Å²) in [5.41, 5.74) is 3.49. The van der Waals surface area contributed by atoms with E-state index in [2.05, 4.69) is 10.3 Å². The zero-order valence-electron chi connectivity index (χ0n) is 12.1. The van der Waals surface area contributed by atoms with Crippen LogP contribution in [0.2, 0.25) is 0 Å². The van der Waals surface area contributed by atoms with Crippen LogP contribution >= 0.6 is 0 Å². The summed E-state index contributed by atoms with van der Waals surface area (Å²) in [6.45, 7) is 0. The Bertz CT molecular complexity index is 933. The highest BCUT2D eigenvalue weighted by molar-refractivity contribution is 6.22. The van der Waals surface area contributed by atoms with Gasteiger partial charge < -0.3 is 5.32 Å². The first kappa shape index (κ1) is 13.4. The zero-order chi connectivity index (χ0) is 15.8. The molecule has 2 aromatic carbocycles. The van der Waals surface area contributed by atoms with Crippen LogP contribution in [0.4, 0.5) is 5.82 Å². The van der Waals surface area contributed by atoms with E-state index in [4.69, 9.17) is 0 Å². The van der Waals surface area contributed by atoms with Crippen molar-refractivity contribution in [1.82, 2.24) is 4.98 Å². The first-order valence-electron chi connectivity index (χ1n) is 7.24. The standard InChI is InChI=1S/C19H12N2O2/c22-18-15-6-2-1-5-13(15)14-9-8-12(11-16(14)18)19(23)21-17-7-3-4-10-20-17/h1-11H,(H,20,21,23). The molecule has 0 bridgehead atoms. The Morgan fingerprint density at radius 1 is 0.826 bits per heavy atom. The number of rotatable bonds is 2. The van der Waals surface area contributed by atoms with Gasteiger partial charge >= 0.3 is 0 Å². The predicted molar refractivity (Wildman–Crippen MR) is 87.5 cm³/mol. The first-order valence-corrected chi connectivity index (χ1v) is 7.24. The number of nitrogens with one attached hydrogen (secondary N) is 1. The summed E-state index contributed by atoms with van der Waals surface area (Å²) < 4.78 is 0. The number of aromatic nitrogens is 1. The van der Waals surface area contributed by atoms with Crippen molar-refractivity contribution in [3.8, 4) is 11.1 Å². The van der Waals surface area contributed by atoms with Crippen molar-refractivity contribution in [2.24, 2.45) is 0 Å². The molecule has 1 aliphatic carbocycles. The van der Waals surface area contributed by atoms with Gasteiger partial charge in [-0.15, -0.1) is 0 Å². The molecule has 23 heavy (non-hydrogen) atoms. The van der Waals surface area contributed by atoms with Crippen molar-refractivity contribution >= 4 is 17.5 Å². The second kappa shape index (κ2) is 5.18. The summed E-state index contributed by atoms with van der Waals surface area (Å²) in [6, 6.07) is 18.0. The number of benzene rings is 2. The summed E-state index contributed by atoms with van der Waals surface area (Å²) in [5.74, 6) is 0.158. The molecule has 1 amide bonds. The monoisotopic (exact) mass is 300 g/mol. The average Bonchev–Trinajstić information content (AvgIpc) is 2.89. The molecule has 0 unspecified atom stereocenters. The van der Waals surface area contributed by atoms with Crippen molar-refractivity contribution in [3.05, 3.63) is 83.6 Å². The third-order valence-corrected chi connectivity index (χ3v) is 3.89. The third-order valence-electron chi connectivity index (χ3n) is 3.89. The number of carbonyl (C=O) groups excluding carboxylic acids is 2. The number of amides is 1. The van der Waals surface area contributed by atoms with Crippen molar-refractivity contribution in [3.63, 3.8) is 0 Å². The van der Waals surface area contributed by atoms with Gasteiger partial charge in [-0.05, 0) is 35.4 Å². The first-order chi connectivity index (χ1) is 11.2. The molecular weight excluding hydrogens is 288 g/mol. The zero-order valence-corrected chi connectivity index (χ0v) is 12.1. The van der Waals surface area contributed by atoms with Crippen LogP contribution in [0.5, 0.6) is 0 Å². The predicted octanol–water partition coefficient (Wildman–Crippen LogP) is 3.55. The van der Waals surface area contributed by atoms with E-state index in [1.165, 1.54) is 0 Å². The largest absolute Gasteiger partial charge is 0.307 e. The van der Waals surface area contributed by atoms with Gasteiger partial charge in [-0.2, -0.15) is 0 Å². The lowest BCUT2D eigenvalue weighted by Gasteiger charge is -2.06. The molecule has 1 aromatic heterocycles. The smallest absolute Gasteiger partial charge is 0.256 e. The van der Waals surface area contributed by atoms with Crippen LogP contribution in [0.25, 0.3) is 11.1 Å². The number of hydrogen-bond acceptors (Lipinski definition) is 3. The molecule has 110 valence electrons. The molecule has 0 fully saturated rings. The number of fused-ring (bicyclic) bond motifs is 3. The maximum atomic E-state index is 12.5. The number of ketones is 1. The molecule has 1 heterocycles. The molecule has 0 atom stereocenters. The van der Waals surface area contributed by atoms with Gasteiger partial charge in [0.05, 0.1) is 0 Å². The Morgan fingerprint density at radius 3 is 2.35 bits per heavy atom. The van der Waals surface area contributed by atoms with Crippen molar-refractivity contribution in [2.75, 3.05) is 5.32 Å². The molecule has 0 radical (unpaired) electrons. The van der Waals surface area contributed by atoms with Crippen LogP contribution in [0, 0.1) is 0 Å². The number of anilines is 1. The van der Waals surface area contributed by atoms with Crippen LogP contribution in [-0.4, -0.2) is 16.7 Å². The van der Waals surface area contributed by atoms with Crippen molar-refractivity contribution < 1.29 is 9.59 Å². The Labute approximate surface area is 132 Å². The minimum atomic E-state index is -0.282. The van der Waals surface area contributed by atoms with Crippen LogP contribution in [0.3, 0.4) is 0 Å². The second-order valence-electron chi connectivity index (χ2n) is 5.30. The Hall–Kier alpha value is -3.27. The van der Waals surface area contributed by atoms with Crippen LogP contribution in [0.15, 0.2) is 66.9 Å². The van der Waals surface area contributed by atoms with Gasteiger partial charge in [0.25, 0.3) is 5.91 Å². The van der Waals surface area contributed by atoms with Crippen LogP contribution in [0.1, 0.15) is 26.3 Å². The van der Waals surface area contributed by atoms with Gasteiger partial charge in [-0.1, -0.05) is 36.4 Å². The summed E-state index contributed by atoms with van der Waals surface area (Å²) in [4.78, 5) is 28.9. The van der Waals surface area contributed by atoms with Crippen molar-refractivity contribution in [1.29, 1.82) is 0 Å². The van der Waals surface area contributed by atoms with Gasteiger partial charge in [0.2, 0.25) is 0 Å². The van der Waals surface area contributed by atoms with E-state index in [1.807, 2.05) is 30.3 Å². The lowest BCUT2D eigenvalue weighted by atomic mass is 10.0. The molecule has 4 rings (SSSR count).